The lowest BCUT2D eigenvalue weighted by Crippen LogP contribution is -2.30. The first-order valence-corrected chi connectivity index (χ1v) is 12.0. The Morgan fingerprint density at radius 1 is 1.16 bits per heavy atom. The summed E-state index contributed by atoms with van der Waals surface area (Å²) in [6.07, 6.45) is 3.56. The highest BCUT2D eigenvalue weighted by atomic mass is 35.5. The normalized spacial score (nSPS) is 15.3. The summed E-state index contributed by atoms with van der Waals surface area (Å²) in [4.78, 5) is 44.6. The summed E-state index contributed by atoms with van der Waals surface area (Å²) in [5, 5.41) is 8.08. The van der Waals surface area contributed by atoms with Crippen molar-refractivity contribution < 1.29 is 27.9 Å². The molecule has 9 nitrogen and oxygen atoms in total. The average molecular weight is 544 g/mol. The Balaban J connectivity index is 1.73. The number of benzene rings is 2. The van der Waals surface area contributed by atoms with Gasteiger partial charge in [-0.25, -0.2) is 18.6 Å². The van der Waals surface area contributed by atoms with E-state index < -0.39 is 35.2 Å². The van der Waals surface area contributed by atoms with Crippen LogP contribution in [-0.4, -0.2) is 35.0 Å². The second-order valence-corrected chi connectivity index (χ2v) is 8.96. The SMILES string of the molecule is COC(=O)Nc1ccc2c(c1)NC(=O)CCC=CC[C@H](NC(=O)c1c(F)cc(C)cc1F)c1nc-2c(Cl)[nH]1. The third-order valence-corrected chi connectivity index (χ3v) is 6.06. The molecule has 38 heavy (non-hydrogen) atoms. The first-order chi connectivity index (χ1) is 18.2. The van der Waals surface area contributed by atoms with Crippen molar-refractivity contribution in [1.29, 1.82) is 0 Å². The summed E-state index contributed by atoms with van der Waals surface area (Å²) < 4.78 is 33.5. The number of carbonyl (C=O) groups is 3. The molecule has 2 bridgehead atoms. The van der Waals surface area contributed by atoms with E-state index >= 15 is 0 Å². The lowest BCUT2D eigenvalue weighted by atomic mass is 10.1. The van der Waals surface area contributed by atoms with Crippen molar-refractivity contribution in [3.63, 3.8) is 0 Å². The molecule has 1 aliphatic rings. The minimum Gasteiger partial charge on any atom is -0.453 e. The molecule has 1 aromatic heterocycles. The van der Waals surface area contributed by atoms with Gasteiger partial charge in [-0.3, -0.25) is 14.9 Å². The standard InChI is InChI=1S/C26H24ClF2N5O4/c1-13-10-16(28)21(17(29)11-13)25(36)32-18-6-4-3-5-7-20(35)31-19-12-14(30-26(37)38-2)8-9-15(19)22-23(27)34-24(18)33-22/h3-4,8-12,18H,5-7H2,1-2H3,(H,30,37)(H,31,35)(H,32,36)(H,33,34)/t18-/m0/s1. The first kappa shape index (κ1) is 26.8. The fraction of sp³-hybridized carbons (Fsp3) is 0.231. The van der Waals surface area contributed by atoms with Crippen LogP contribution in [0, 0.1) is 18.6 Å². The minimum atomic E-state index is -0.978. The molecular weight excluding hydrogens is 520 g/mol. The van der Waals surface area contributed by atoms with E-state index in [2.05, 4.69) is 30.7 Å². The number of halogens is 3. The number of rotatable bonds is 3. The zero-order valence-corrected chi connectivity index (χ0v) is 21.2. The molecule has 1 aliphatic heterocycles. The van der Waals surface area contributed by atoms with Gasteiger partial charge >= 0.3 is 6.09 Å². The van der Waals surface area contributed by atoms with Gasteiger partial charge in [0, 0.05) is 17.7 Å². The van der Waals surface area contributed by atoms with Crippen molar-refractivity contribution >= 4 is 40.9 Å². The van der Waals surface area contributed by atoms with Crippen molar-refractivity contribution in [2.45, 2.75) is 32.2 Å². The van der Waals surface area contributed by atoms with Crippen LogP contribution in [0.25, 0.3) is 11.3 Å². The van der Waals surface area contributed by atoms with E-state index in [0.29, 0.717) is 28.9 Å². The summed E-state index contributed by atoms with van der Waals surface area (Å²) in [5.74, 6) is -2.95. The van der Waals surface area contributed by atoms with Crippen LogP contribution >= 0.6 is 11.6 Å². The van der Waals surface area contributed by atoms with E-state index in [0.717, 1.165) is 12.1 Å². The van der Waals surface area contributed by atoms with Crippen LogP contribution in [0.1, 0.15) is 47.1 Å². The molecule has 0 fully saturated rings. The number of imidazole rings is 1. The molecule has 0 saturated carbocycles. The lowest BCUT2D eigenvalue weighted by molar-refractivity contribution is -0.116. The van der Waals surface area contributed by atoms with Crippen LogP contribution in [0.5, 0.6) is 0 Å². The Bertz CT molecular complexity index is 1420. The molecule has 2 heterocycles. The molecular formula is C26H24ClF2N5O4. The Labute approximate surface area is 221 Å². The summed E-state index contributed by atoms with van der Waals surface area (Å²) >= 11 is 6.48. The van der Waals surface area contributed by atoms with E-state index in [1.54, 1.807) is 24.3 Å². The van der Waals surface area contributed by atoms with Crippen molar-refractivity contribution in [1.82, 2.24) is 15.3 Å². The lowest BCUT2D eigenvalue weighted by Gasteiger charge is -2.16. The number of hydrogen-bond donors (Lipinski definition) is 4. The number of ether oxygens (including phenoxy) is 1. The highest BCUT2D eigenvalue weighted by Gasteiger charge is 2.25. The van der Waals surface area contributed by atoms with Gasteiger partial charge in [-0.2, -0.15) is 0 Å². The number of H-pyrrole nitrogens is 1. The van der Waals surface area contributed by atoms with Crippen LogP contribution in [0.2, 0.25) is 5.15 Å². The van der Waals surface area contributed by atoms with Crippen LogP contribution in [0.3, 0.4) is 0 Å². The van der Waals surface area contributed by atoms with E-state index in [-0.39, 0.29) is 35.4 Å². The number of aromatic amines is 1. The summed E-state index contributed by atoms with van der Waals surface area (Å²) in [6.45, 7) is 1.52. The number of nitrogens with one attached hydrogen (secondary N) is 4. The molecule has 2 aromatic carbocycles. The third kappa shape index (κ3) is 6.00. The Hall–Kier alpha value is -4.25. The number of amides is 3. The molecule has 3 amide bonds. The van der Waals surface area contributed by atoms with E-state index in [1.807, 2.05) is 0 Å². The maximum atomic E-state index is 14.4. The molecule has 3 aromatic rings. The monoisotopic (exact) mass is 543 g/mol. The fourth-order valence-electron chi connectivity index (χ4n) is 3.98. The number of anilines is 2. The van der Waals surface area contributed by atoms with Crippen LogP contribution in [0.4, 0.5) is 25.0 Å². The number of methoxy groups -OCH3 is 1. The zero-order valence-electron chi connectivity index (χ0n) is 20.5. The zero-order chi connectivity index (χ0) is 27.4. The van der Waals surface area contributed by atoms with Crippen LogP contribution in [0.15, 0.2) is 42.5 Å². The highest BCUT2D eigenvalue weighted by Crippen LogP contribution is 2.35. The number of carbonyl (C=O) groups excluding carboxylic acids is 3. The van der Waals surface area contributed by atoms with Gasteiger partial charge < -0.3 is 20.4 Å². The topological polar surface area (TPSA) is 125 Å². The largest absolute Gasteiger partial charge is 0.453 e. The van der Waals surface area contributed by atoms with E-state index in [4.69, 9.17) is 11.6 Å². The molecule has 0 spiro atoms. The van der Waals surface area contributed by atoms with Crippen LogP contribution in [-0.2, 0) is 9.53 Å². The average Bonchev–Trinajstić information content (AvgIpc) is 3.23. The molecule has 0 aliphatic carbocycles. The van der Waals surface area contributed by atoms with Gasteiger partial charge in [0.05, 0.1) is 18.8 Å². The smallest absolute Gasteiger partial charge is 0.411 e. The maximum Gasteiger partial charge on any atom is 0.411 e. The van der Waals surface area contributed by atoms with Gasteiger partial charge in [-0.15, -0.1) is 0 Å². The molecule has 0 saturated heterocycles. The predicted octanol–water partition coefficient (Wildman–Crippen LogP) is 5.64. The van der Waals surface area contributed by atoms with Crippen molar-refractivity contribution in [3.8, 4) is 11.3 Å². The molecule has 4 N–H and O–H groups in total. The fourth-order valence-corrected chi connectivity index (χ4v) is 4.22. The predicted molar refractivity (Wildman–Crippen MR) is 138 cm³/mol. The minimum absolute atomic E-state index is 0.108. The van der Waals surface area contributed by atoms with Gasteiger partial charge in [0.15, 0.2) is 0 Å². The van der Waals surface area contributed by atoms with Crippen molar-refractivity contribution in [2.75, 3.05) is 17.7 Å². The second kappa shape index (κ2) is 11.4. The van der Waals surface area contributed by atoms with Gasteiger partial charge in [-0.1, -0.05) is 23.8 Å². The third-order valence-electron chi connectivity index (χ3n) is 5.78. The number of hydrogen-bond acceptors (Lipinski definition) is 5. The molecule has 0 radical (unpaired) electrons. The first-order valence-electron chi connectivity index (χ1n) is 11.6. The summed E-state index contributed by atoms with van der Waals surface area (Å²) in [7, 11) is 1.23. The summed E-state index contributed by atoms with van der Waals surface area (Å²) in [6, 6.07) is 6.05. The number of fused-ring (bicyclic) bond motifs is 4. The van der Waals surface area contributed by atoms with Gasteiger partial charge in [0.25, 0.3) is 5.91 Å². The molecule has 198 valence electrons. The molecule has 4 rings (SSSR count). The highest BCUT2D eigenvalue weighted by molar-refractivity contribution is 6.32. The van der Waals surface area contributed by atoms with Crippen LogP contribution < -0.4 is 16.0 Å². The van der Waals surface area contributed by atoms with Gasteiger partial charge in [0.2, 0.25) is 5.91 Å². The maximum absolute atomic E-state index is 14.4. The van der Waals surface area contributed by atoms with E-state index in [1.165, 1.54) is 20.1 Å². The number of allylic oxidation sites excluding steroid dienone is 1. The number of aryl methyl sites for hydroxylation is 1. The van der Waals surface area contributed by atoms with Crippen molar-refractivity contribution in [2.24, 2.45) is 0 Å². The molecule has 12 heteroatoms. The second-order valence-electron chi connectivity index (χ2n) is 8.59. The molecule has 0 unspecified atom stereocenters. The van der Waals surface area contributed by atoms with Gasteiger partial charge in [0.1, 0.15) is 33.9 Å². The number of nitrogens with zero attached hydrogens (tertiary/aromatic N) is 1. The number of aromatic nitrogens is 2. The van der Waals surface area contributed by atoms with Crippen molar-refractivity contribution in [3.05, 3.63) is 76.2 Å². The Morgan fingerprint density at radius 2 is 1.89 bits per heavy atom. The van der Waals surface area contributed by atoms with Gasteiger partial charge in [-0.05, 0) is 55.7 Å². The Morgan fingerprint density at radius 3 is 2.61 bits per heavy atom. The van der Waals surface area contributed by atoms with E-state index in [9.17, 15) is 23.2 Å². The quantitative estimate of drug-likeness (QED) is 0.318. The summed E-state index contributed by atoms with van der Waals surface area (Å²) in [5.41, 5.74) is 1.03. The molecule has 1 atom stereocenters. The Kier molecular flexibility index (Phi) is 8.06.